The summed E-state index contributed by atoms with van der Waals surface area (Å²) in [6, 6.07) is 9.76. The molecule has 0 saturated carbocycles. The van der Waals surface area contributed by atoms with Crippen molar-refractivity contribution in [1.82, 2.24) is 10.2 Å². The van der Waals surface area contributed by atoms with Crippen LogP contribution in [0.5, 0.6) is 0 Å². The number of hydrogen-bond donors (Lipinski definition) is 1. The first-order valence-electron chi connectivity index (χ1n) is 6.77. The van der Waals surface area contributed by atoms with Crippen LogP contribution in [-0.4, -0.2) is 36.7 Å². The number of likely N-dealkylation sites (tertiary alicyclic amines) is 1. The van der Waals surface area contributed by atoms with Crippen molar-refractivity contribution in [2.24, 2.45) is 0 Å². The lowest BCUT2D eigenvalue weighted by atomic mass is 9.92. The second kappa shape index (κ2) is 6.06. The van der Waals surface area contributed by atoms with Crippen LogP contribution in [0.4, 0.5) is 4.79 Å². The minimum Gasteiger partial charge on any atom is -0.445 e. The number of rotatable bonds is 3. The Balaban J connectivity index is 1.86. The molecule has 1 amide bonds. The van der Waals surface area contributed by atoms with E-state index in [4.69, 9.17) is 4.74 Å². The van der Waals surface area contributed by atoms with Crippen LogP contribution in [0.1, 0.15) is 25.3 Å². The molecule has 1 saturated heterocycles. The van der Waals surface area contributed by atoms with E-state index >= 15 is 0 Å². The Morgan fingerprint density at radius 1 is 1.42 bits per heavy atom. The van der Waals surface area contributed by atoms with Gasteiger partial charge < -0.3 is 15.0 Å². The zero-order valence-corrected chi connectivity index (χ0v) is 11.7. The molecule has 104 valence electrons. The monoisotopic (exact) mass is 262 g/mol. The number of amides is 1. The van der Waals surface area contributed by atoms with Crippen molar-refractivity contribution >= 4 is 6.09 Å². The Labute approximate surface area is 114 Å². The molecule has 0 unspecified atom stereocenters. The van der Waals surface area contributed by atoms with Crippen molar-refractivity contribution < 1.29 is 9.53 Å². The lowest BCUT2D eigenvalue weighted by molar-refractivity contribution is 0.0707. The number of ether oxygens (including phenoxy) is 1. The maximum Gasteiger partial charge on any atom is 0.410 e. The Morgan fingerprint density at radius 2 is 2.16 bits per heavy atom. The largest absolute Gasteiger partial charge is 0.445 e. The van der Waals surface area contributed by atoms with E-state index in [-0.39, 0.29) is 11.6 Å². The normalized spacial score (nSPS) is 23.2. The number of carbonyl (C=O) groups excluding carboxylic acids is 1. The molecular weight excluding hydrogens is 240 g/mol. The number of benzene rings is 1. The van der Waals surface area contributed by atoms with E-state index in [1.807, 2.05) is 37.4 Å². The Kier molecular flexibility index (Phi) is 4.43. The third-order valence-electron chi connectivity index (χ3n) is 3.76. The number of piperidine rings is 1. The fraction of sp³-hybridized carbons (Fsp3) is 0.533. The molecule has 4 nitrogen and oxygen atoms in total. The second-order valence-corrected chi connectivity index (χ2v) is 5.38. The van der Waals surface area contributed by atoms with Crippen LogP contribution in [0.2, 0.25) is 0 Å². The molecular formula is C15H22N2O2. The van der Waals surface area contributed by atoms with Gasteiger partial charge in [0.1, 0.15) is 6.61 Å². The van der Waals surface area contributed by atoms with E-state index in [1.165, 1.54) is 0 Å². The van der Waals surface area contributed by atoms with Gasteiger partial charge in [0.05, 0.1) is 0 Å². The van der Waals surface area contributed by atoms with Crippen LogP contribution in [0.3, 0.4) is 0 Å². The van der Waals surface area contributed by atoms with Gasteiger partial charge in [-0.2, -0.15) is 0 Å². The van der Waals surface area contributed by atoms with Crippen molar-refractivity contribution in [3.63, 3.8) is 0 Å². The highest BCUT2D eigenvalue weighted by Gasteiger charge is 2.32. The third kappa shape index (κ3) is 3.70. The van der Waals surface area contributed by atoms with E-state index < -0.39 is 0 Å². The summed E-state index contributed by atoms with van der Waals surface area (Å²) in [4.78, 5) is 13.8. The molecule has 1 fully saturated rings. The van der Waals surface area contributed by atoms with Crippen molar-refractivity contribution in [3.8, 4) is 0 Å². The average molecular weight is 262 g/mol. The van der Waals surface area contributed by atoms with E-state index in [0.29, 0.717) is 13.2 Å². The average Bonchev–Trinajstić information content (AvgIpc) is 2.46. The molecule has 0 radical (unpaired) electrons. The Morgan fingerprint density at radius 3 is 2.84 bits per heavy atom. The van der Waals surface area contributed by atoms with E-state index in [0.717, 1.165) is 24.9 Å². The van der Waals surface area contributed by atoms with Crippen LogP contribution >= 0.6 is 0 Å². The van der Waals surface area contributed by atoms with Crippen LogP contribution < -0.4 is 5.32 Å². The molecule has 4 heteroatoms. The zero-order chi connectivity index (χ0) is 13.7. The smallest absolute Gasteiger partial charge is 0.410 e. The number of hydrogen-bond acceptors (Lipinski definition) is 3. The van der Waals surface area contributed by atoms with Crippen molar-refractivity contribution in [2.45, 2.75) is 31.9 Å². The first kappa shape index (κ1) is 13.9. The number of nitrogens with zero attached hydrogens (tertiary/aromatic N) is 1. The molecule has 0 bridgehead atoms. The SMILES string of the molecule is CN[C@]1(C)CCCN(C(=O)OCc2ccccc2)C1. The van der Waals surface area contributed by atoms with Crippen molar-refractivity contribution in [2.75, 3.05) is 20.1 Å². The molecule has 1 aliphatic rings. The van der Waals surface area contributed by atoms with Crippen LogP contribution in [0.25, 0.3) is 0 Å². The van der Waals surface area contributed by atoms with Gasteiger partial charge in [0.25, 0.3) is 0 Å². The topological polar surface area (TPSA) is 41.6 Å². The highest BCUT2D eigenvalue weighted by molar-refractivity contribution is 5.68. The third-order valence-corrected chi connectivity index (χ3v) is 3.76. The summed E-state index contributed by atoms with van der Waals surface area (Å²) in [5.74, 6) is 0. The summed E-state index contributed by atoms with van der Waals surface area (Å²) in [6.07, 6.45) is 1.88. The van der Waals surface area contributed by atoms with Crippen LogP contribution in [0.15, 0.2) is 30.3 Å². The summed E-state index contributed by atoms with van der Waals surface area (Å²) in [5, 5.41) is 3.29. The molecule has 0 aromatic heterocycles. The number of likely N-dealkylation sites (N-methyl/N-ethyl adjacent to an activating group) is 1. The van der Waals surface area contributed by atoms with Gasteiger partial charge in [0.15, 0.2) is 0 Å². The molecule has 1 aliphatic heterocycles. The minimum absolute atomic E-state index is 0.00399. The summed E-state index contributed by atoms with van der Waals surface area (Å²) < 4.78 is 5.36. The first-order valence-corrected chi connectivity index (χ1v) is 6.77. The van der Waals surface area contributed by atoms with Gasteiger partial charge in [-0.15, -0.1) is 0 Å². The Bertz CT molecular complexity index is 421. The van der Waals surface area contributed by atoms with Crippen LogP contribution in [0, 0.1) is 0 Å². The van der Waals surface area contributed by atoms with Gasteiger partial charge >= 0.3 is 6.09 Å². The standard InChI is InChI=1S/C15H22N2O2/c1-15(16-2)9-6-10-17(12-15)14(18)19-11-13-7-4-3-5-8-13/h3-5,7-8,16H,6,9-12H2,1-2H3/t15-/m1/s1. The summed E-state index contributed by atoms with van der Waals surface area (Å²) >= 11 is 0. The van der Waals surface area contributed by atoms with E-state index in [1.54, 1.807) is 4.90 Å². The highest BCUT2D eigenvalue weighted by Crippen LogP contribution is 2.20. The molecule has 1 heterocycles. The van der Waals surface area contributed by atoms with Gasteiger partial charge in [-0.25, -0.2) is 4.79 Å². The van der Waals surface area contributed by atoms with Crippen LogP contribution in [-0.2, 0) is 11.3 Å². The maximum absolute atomic E-state index is 12.1. The molecule has 1 atom stereocenters. The maximum atomic E-state index is 12.1. The molecule has 0 aliphatic carbocycles. The predicted octanol–water partition coefficient (Wildman–Crippen LogP) is 2.40. The van der Waals surface area contributed by atoms with Gasteiger partial charge in [0, 0.05) is 18.6 Å². The minimum atomic E-state index is -0.218. The number of carbonyl (C=O) groups is 1. The van der Waals surface area contributed by atoms with Gasteiger partial charge in [-0.05, 0) is 32.4 Å². The zero-order valence-electron chi connectivity index (χ0n) is 11.7. The Hall–Kier alpha value is -1.55. The summed E-state index contributed by atoms with van der Waals surface area (Å²) in [7, 11) is 1.94. The van der Waals surface area contributed by atoms with Gasteiger partial charge in [-0.3, -0.25) is 0 Å². The second-order valence-electron chi connectivity index (χ2n) is 5.38. The quantitative estimate of drug-likeness (QED) is 0.909. The molecule has 19 heavy (non-hydrogen) atoms. The lowest BCUT2D eigenvalue weighted by Crippen LogP contribution is -2.55. The fourth-order valence-corrected chi connectivity index (χ4v) is 2.41. The van der Waals surface area contributed by atoms with Gasteiger partial charge in [0.2, 0.25) is 0 Å². The highest BCUT2D eigenvalue weighted by atomic mass is 16.6. The molecule has 1 aromatic rings. The molecule has 0 spiro atoms. The lowest BCUT2D eigenvalue weighted by Gasteiger charge is -2.39. The first-order chi connectivity index (χ1) is 9.13. The molecule has 1 N–H and O–H groups in total. The predicted molar refractivity (Wildman–Crippen MR) is 74.9 cm³/mol. The summed E-state index contributed by atoms with van der Waals surface area (Å²) in [5.41, 5.74) is 1.02. The molecule has 2 rings (SSSR count). The van der Waals surface area contributed by atoms with E-state index in [2.05, 4.69) is 12.2 Å². The summed E-state index contributed by atoms with van der Waals surface area (Å²) in [6.45, 7) is 3.97. The fourth-order valence-electron chi connectivity index (χ4n) is 2.41. The number of nitrogens with one attached hydrogen (secondary N) is 1. The van der Waals surface area contributed by atoms with Gasteiger partial charge in [-0.1, -0.05) is 30.3 Å². The van der Waals surface area contributed by atoms with Crippen molar-refractivity contribution in [1.29, 1.82) is 0 Å². The van der Waals surface area contributed by atoms with E-state index in [9.17, 15) is 4.79 Å². The molecule has 1 aromatic carbocycles. The van der Waals surface area contributed by atoms with Crippen molar-refractivity contribution in [3.05, 3.63) is 35.9 Å².